The zero-order valence-corrected chi connectivity index (χ0v) is 45.0. The van der Waals surface area contributed by atoms with Gasteiger partial charge in [0.2, 0.25) is 0 Å². The Kier molecular flexibility index (Phi) is 9.82. The van der Waals surface area contributed by atoms with Gasteiger partial charge in [0.1, 0.15) is 33.5 Å². The van der Waals surface area contributed by atoms with E-state index < -0.39 is 0 Å². The molecule has 11 aromatic carbocycles. The van der Waals surface area contributed by atoms with Crippen LogP contribution in [0.2, 0.25) is 0 Å². The summed E-state index contributed by atoms with van der Waals surface area (Å²) in [6.45, 7) is 17.8. The molecule has 0 fully saturated rings. The first-order chi connectivity index (χ1) is 37.7. The highest BCUT2D eigenvalue weighted by Gasteiger charge is 2.27. The first kappa shape index (κ1) is 46.1. The molecule has 4 heterocycles. The summed E-state index contributed by atoms with van der Waals surface area (Å²) in [4.78, 5) is 4.68. The summed E-state index contributed by atoms with van der Waals surface area (Å²) in [6.07, 6.45) is 0. The van der Waals surface area contributed by atoms with E-state index in [9.17, 15) is 0 Å². The third-order valence-electron chi connectivity index (χ3n) is 16.3. The molecule has 378 valence electrons. The average molecular weight is 1010 g/mol. The second kappa shape index (κ2) is 16.6. The summed E-state index contributed by atoms with van der Waals surface area (Å²) in [5, 5.41) is 13.0. The minimum atomic E-state index is -0.0827. The number of rotatable bonds is 6. The molecule has 0 bridgehead atoms. The normalized spacial score (nSPS) is 12.6. The van der Waals surface area contributed by atoms with E-state index in [1.54, 1.807) is 0 Å². The standard InChI is InChI=1S/C72H56N2O4/c1-41-17-9-11-25-59(41)73(61-27-15-21-51-49-19-13-23-57(71(3,4)5)67(49)77-69(51)61)47-31-29-43-35-53-55-39-66-56(40-65(55)75-63(53)37-45(43)33-47)54-36-44-30-32-48(34-46(44)38-64(54)76-66)74(60-26-12-10-18-42(60)2)62-28-16-22-52-50-20-14-24-58(72(6,7)8)68(50)78-70(52)62/h9-40H,1-8H3. The van der Waals surface area contributed by atoms with Gasteiger partial charge in [-0.25, -0.2) is 0 Å². The average Bonchev–Trinajstić information content (AvgIpc) is 4.26. The zero-order chi connectivity index (χ0) is 52.9. The summed E-state index contributed by atoms with van der Waals surface area (Å²) >= 11 is 0. The van der Waals surface area contributed by atoms with Gasteiger partial charge in [-0.05, 0) is 142 Å². The van der Waals surface area contributed by atoms with Crippen molar-refractivity contribution in [2.45, 2.75) is 66.2 Å². The van der Waals surface area contributed by atoms with Gasteiger partial charge in [0, 0.05) is 77.0 Å². The molecule has 4 aromatic heterocycles. The van der Waals surface area contributed by atoms with Gasteiger partial charge in [-0.3, -0.25) is 0 Å². The SMILES string of the molecule is Cc1ccccc1N(c1ccc2cc3c(cc2c1)oc1cc2c(cc13)oc1cc3cc(N(c4ccccc4C)c4cccc5c4oc4c(C(C)(C)C)cccc45)ccc3cc12)c1cccc2c1oc1c(C(C)(C)C)cccc12. The molecule has 0 atom stereocenters. The van der Waals surface area contributed by atoms with E-state index in [-0.39, 0.29) is 10.8 Å². The van der Waals surface area contributed by atoms with Gasteiger partial charge in [-0.1, -0.05) is 151 Å². The van der Waals surface area contributed by atoms with E-state index in [0.717, 1.165) is 155 Å². The quantitative estimate of drug-likeness (QED) is 0.165. The van der Waals surface area contributed by atoms with Crippen molar-refractivity contribution < 1.29 is 17.7 Å². The molecular formula is C72H56N2O4. The van der Waals surface area contributed by atoms with Gasteiger partial charge < -0.3 is 27.5 Å². The third-order valence-corrected chi connectivity index (χ3v) is 16.3. The van der Waals surface area contributed by atoms with Gasteiger partial charge in [0.25, 0.3) is 0 Å². The van der Waals surface area contributed by atoms with Crippen molar-refractivity contribution in [1.82, 2.24) is 0 Å². The summed E-state index contributed by atoms with van der Waals surface area (Å²) in [7, 11) is 0. The third kappa shape index (κ3) is 7.02. The van der Waals surface area contributed by atoms with Crippen LogP contribution in [-0.2, 0) is 10.8 Å². The largest absolute Gasteiger partial charge is 0.456 e. The number of aryl methyl sites for hydroxylation is 2. The minimum Gasteiger partial charge on any atom is -0.456 e. The number of hydrogen-bond acceptors (Lipinski definition) is 6. The molecule has 0 unspecified atom stereocenters. The van der Waals surface area contributed by atoms with E-state index in [4.69, 9.17) is 17.7 Å². The molecular weight excluding hydrogens is 957 g/mol. The number of anilines is 6. The van der Waals surface area contributed by atoms with E-state index >= 15 is 0 Å². The monoisotopic (exact) mass is 1010 g/mol. The molecule has 15 rings (SSSR count). The van der Waals surface area contributed by atoms with Crippen LogP contribution in [-0.4, -0.2) is 0 Å². The Balaban J connectivity index is 0.834. The van der Waals surface area contributed by atoms with Crippen LogP contribution in [0.25, 0.3) is 109 Å². The maximum absolute atomic E-state index is 6.97. The first-order valence-corrected chi connectivity index (χ1v) is 27.0. The Morgan fingerprint density at radius 3 is 1.05 bits per heavy atom. The number of hydrogen-bond donors (Lipinski definition) is 0. The fourth-order valence-corrected chi connectivity index (χ4v) is 12.4. The van der Waals surface area contributed by atoms with Gasteiger partial charge in [0.05, 0.1) is 11.4 Å². The van der Waals surface area contributed by atoms with Gasteiger partial charge in [-0.2, -0.15) is 0 Å². The predicted octanol–water partition coefficient (Wildman–Crippen LogP) is 21.7. The van der Waals surface area contributed by atoms with Crippen LogP contribution in [0.15, 0.2) is 212 Å². The van der Waals surface area contributed by atoms with Crippen LogP contribution in [0.5, 0.6) is 0 Å². The molecule has 0 aliphatic carbocycles. The second-order valence-corrected chi connectivity index (χ2v) is 23.4. The van der Waals surface area contributed by atoms with Crippen LogP contribution >= 0.6 is 0 Å². The van der Waals surface area contributed by atoms with Crippen LogP contribution in [0.4, 0.5) is 34.1 Å². The Morgan fingerprint density at radius 2 is 0.641 bits per heavy atom. The lowest BCUT2D eigenvalue weighted by Crippen LogP contribution is -2.11. The van der Waals surface area contributed by atoms with Crippen LogP contribution < -0.4 is 9.80 Å². The Bertz CT molecular complexity index is 4670. The topological polar surface area (TPSA) is 59.0 Å². The molecule has 0 saturated carbocycles. The highest BCUT2D eigenvalue weighted by molar-refractivity contribution is 6.19. The lowest BCUT2D eigenvalue weighted by molar-refractivity contribution is 0.572. The Morgan fingerprint density at radius 1 is 0.282 bits per heavy atom. The van der Waals surface area contributed by atoms with Crippen molar-refractivity contribution >= 4 is 143 Å². The Hall–Kier alpha value is -9.26. The van der Waals surface area contributed by atoms with Gasteiger partial charge in [-0.15, -0.1) is 0 Å². The molecule has 0 N–H and O–H groups in total. The minimum absolute atomic E-state index is 0.0827. The van der Waals surface area contributed by atoms with Crippen molar-refractivity contribution in [3.05, 3.63) is 216 Å². The van der Waals surface area contributed by atoms with E-state index in [0.29, 0.717) is 0 Å². The summed E-state index contributed by atoms with van der Waals surface area (Å²) in [5.74, 6) is 0. The fraction of sp³-hybridized carbons (Fsp3) is 0.139. The van der Waals surface area contributed by atoms with Crippen LogP contribution in [0.3, 0.4) is 0 Å². The molecule has 0 spiro atoms. The number of benzene rings is 11. The molecule has 0 amide bonds. The number of para-hydroxylation sites is 6. The number of nitrogens with zero attached hydrogens (tertiary/aromatic N) is 2. The van der Waals surface area contributed by atoms with Crippen molar-refractivity contribution in [3.63, 3.8) is 0 Å². The van der Waals surface area contributed by atoms with Gasteiger partial charge >= 0.3 is 0 Å². The summed E-state index contributed by atoms with van der Waals surface area (Å²) in [6, 6.07) is 69.8. The molecule has 6 nitrogen and oxygen atoms in total. The van der Waals surface area contributed by atoms with Crippen LogP contribution in [0.1, 0.15) is 63.8 Å². The van der Waals surface area contributed by atoms with E-state index in [1.165, 1.54) is 11.1 Å². The number of fused-ring (bicyclic) bond motifs is 14. The lowest BCUT2D eigenvalue weighted by atomic mass is 9.86. The molecule has 78 heavy (non-hydrogen) atoms. The Labute approximate surface area is 451 Å². The van der Waals surface area contributed by atoms with Crippen LogP contribution in [0, 0.1) is 13.8 Å². The van der Waals surface area contributed by atoms with E-state index in [1.807, 2.05) is 0 Å². The molecule has 0 aliphatic heterocycles. The molecule has 6 heteroatoms. The highest BCUT2D eigenvalue weighted by Crippen LogP contribution is 2.49. The maximum Gasteiger partial charge on any atom is 0.159 e. The van der Waals surface area contributed by atoms with Crippen molar-refractivity contribution in [3.8, 4) is 0 Å². The molecule has 0 saturated heterocycles. The summed E-state index contributed by atoms with van der Waals surface area (Å²) < 4.78 is 27.6. The second-order valence-electron chi connectivity index (χ2n) is 23.4. The summed E-state index contributed by atoms with van der Waals surface area (Å²) in [5.41, 5.74) is 17.7. The van der Waals surface area contributed by atoms with Crippen molar-refractivity contribution in [2.24, 2.45) is 0 Å². The molecule has 0 aliphatic rings. The van der Waals surface area contributed by atoms with Crippen molar-refractivity contribution in [1.29, 1.82) is 0 Å². The maximum atomic E-state index is 6.97. The first-order valence-electron chi connectivity index (χ1n) is 27.0. The fourth-order valence-electron chi connectivity index (χ4n) is 12.4. The molecule has 15 aromatic rings. The van der Waals surface area contributed by atoms with E-state index in [2.05, 4.69) is 259 Å². The molecule has 0 radical (unpaired) electrons. The van der Waals surface area contributed by atoms with Gasteiger partial charge in [0.15, 0.2) is 11.2 Å². The van der Waals surface area contributed by atoms with Crippen molar-refractivity contribution in [2.75, 3.05) is 9.80 Å². The lowest BCUT2D eigenvalue weighted by Gasteiger charge is -2.27. The number of furan rings is 4. The zero-order valence-electron chi connectivity index (χ0n) is 45.0. The smallest absolute Gasteiger partial charge is 0.159 e. The highest BCUT2D eigenvalue weighted by atomic mass is 16.3. The predicted molar refractivity (Wildman–Crippen MR) is 327 cm³/mol.